The van der Waals surface area contributed by atoms with Crippen LogP contribution in [0.3, 0.4) is 0 Å². The maximum Gasteiger partial charge on any atom is 0.240 e. The van der Waals surface area contributed by atoms with Gasteiger partial charge in [-0.3, -0.25) is 9.89 Å². The van der Waals surface area contributed by atoms with E-state index >= 15 is 0 Å². The minimum absolute atomic E-state index is 0.0912. The van der Waals surface area contributed by atoms with Gasteiger partial charge < -0.3 is 0 Å². The fourth-order valence-corrected chi connectivity index (χ4v) is 2.24. The van der Waals surface area contributed by atoms with E-state index in [0.29, 0.717) is 12.8 Å². The molecule has 0 aliphatic heterocycles. The zero-order valence-corrected chi connectivity index (χ0v) is 13.5. The van der Waals surface area contributed by atoms with Crippen molar-refractivity contribution in [3.05, 3.63) is 52.3 Å². The van der Waals surface area contributed by atoms with Crippen LogP contribution in [0.2, 0.25) is 0 Å². The molecular formula is C17H22N4O. The van der Waals surface area contributed by atoms with Crippen molar-refractivity contribution in [1.29, 1.82) is 0 Å². The van der Waals surface area contributed by atoms with Crippen LogP contribution in [0.15, 0.2) is 29.4 Å². The second-order valence-electron chi connectivity index (χ2n) is 5.51. The highest BCUT2D eigenvalue weighted by atomic mass is 16.2. The molecule has 1 heterocycles. The largest absolute Gasteiger partial charge is 0.282 e. The Bertz CT molecular complexity index is 664. The summed E-state index contributed by atoms with van der Waals surface area (Å²) in [6, 6.07) is 8.05. The quantitative estimate of drug-likeness (QED) is 0.658. The summed E-state index contributed by atoms with van der Waals surface area (Å²) in [4.78, 5) is 11.9. The molecule has 22 heavy (non-hydrogen) atoms. The van der Waals surface area contributed by atoms with Crippen LogP contribution in [0.1, 0.15) is 41.4 Å². The molecule has 2 rings (SSSR count). The van der Waals surface area contributed by atoms with Crippen molar-refractivity contribution < 1.29 is 4.79 Å². The number of hydrazone groups is 1. The average molecular weight is 298 g/mol. The van der Waals surface area contributed by atoms with Gasteiger partial charge in [0.15, 0.2) is 0 Å². The van der Waals surface area contributed by atoms with Gasteiger partial charge in [0.25, 0.3) is 0 Å². The van der Waals surface area contributed by atoms with Gasteiger partial charge in [-0.1, -0.05) is 29.8 Å². The maximum absolute atomic E-state index is 11.9. The molecular weight excluding hydrogens is 276 g/mol. The minimum atomic E-state index is -0.0912. The number of rotatable bonds is 5. The Hall–Kier alpha value is -2.43. The molecule has 0 aliphatic rings. The molecule has 0 radical (unpaired) electrons. The van der Waals surface area contributed by atoms with Crippen molar-refractivity contribution in [1.82, 2.24) is 15.6 Å². The standard InChI is InChI=1S/C17H22N4O/c1-11-5-7-15(8-6-11)12(2)18-21-17(22)10-9-16-13(3)19-20-14(16)4/h5-8H,9-10H2,1-4H3,(H,19,20)(H,21,22). The summed E-state index contributed by atoms with van der Waals surface area (Å²) in [5.74, 6) is -0.0912. The van der Waals surface area contributed by atoms with Gasteiger partial charge in [-0.25, -0.2) is 5.43 Å². The highest BCUT2D eigenvalue weighted by Gasteiger charge is 2.09. The van der Waals surface area contributed by atoms with Crippen molar-refractivity contribution in [2.75, 3.05) is 0 Å². The molecule has 2 aromatic rings. The summed E-state index contributed by atoms with van der Waals surface area (Å²) in [5, 5.41) is 11.2. The normalized spacial score (nSPS) is 11.5. The molecule has 2 N–H and O–H groups in total. The molecule has 0 unspecified atom stereocenters. The molecule has 1 aromatic carbocycles. The lowest BCUT2D eigenvalue weighted by atomic mass is 10.1. The summed E-state index contributed by atoms with van der Waals surface area (Å²) in [7, 11) is 0. The van der Waals surface area contributed by atoms with Crippen LogP contribution >= 0.6 is 0 Å². The third-order valence-corrected chi connectivity index (χ3v) is 3.70. The van der Waals surface area contributed by atoms with E-state index < -0.39 is 0 Å². The number of amides is 1. The van der Waals surface area contributed by atoms with E-state index in [9.17, 15) is 4.79 Å². The first-order valence-electron chi connectivity index (χ1n) is 7.38. The van der Waals surface area contributed by atoms with E-state index in [1.807, 2.05) is 52.0 Å². The van der Waals surface area contributed by atoms with Gasteiger partial charge in [-0.05, 0) is 45.2 Å². The van der Waals surface area contributed by atoms with E-state index in [0.717, 1.165) is 28.2 Å². The highest BCUT2D eigenvalue weighted by Crippen LogP contribution is 2.11. The molecule has 116 valence electrons. The number of aromatic amines is 1. The molecule has 0 aliphatic carbocycles. The molecule has 0 fully saturated rings. The number of carbonyl (C=O) groups is 1. The van der Waals surface area contributed by atoms with Crippen molar-refractivity contribution >= 4 is 11.6 Å². The van der Waals surface area contributed by atoms with Crippen LogP contribution in [-0.2, 0) is 11.2 Å². The lowest BCUT2D eigenvalue weighted by Gasteiger charge is -2.04. The second kappa shape index (κ2) is 7.02. The SMILES string of the molecule is CC(=NNC(=O)CCc1c(C)n[nH]c1C)c1ccc(C)cc1. The Labute approximate surface area is 130 Å². The van der Waals surface area contributed by atoms with Gasteiger partial charge >= 0.3 is 0 Å². The average Bonchev–Trinajstić information content (AvgIpc) is 2.82. The topological polar surface area (TPSA) is 70.1 Å². The van der Waals surface area contributed by atoms with Crippen LogP contribution in [-0.4, -0.2) is 21.8 Å². The predicted octanol–water partition coefficient (Wildman–Crippen LogP) is 2.81. The number of hydrogen-bond acceptors (Lipinski definition) is 3. The van der Waals surface area contributed by atoms with E-state index in [1.165, 1.54) is 5.56 Å². The first kappa shape index (κ1) is 15.9. The summed E-state index contributed by atoms with van der Waals surface area (Å²) >= 11 is 0. The van der Waals surface area contributed by atoms with Crippen molar-refractivity contribution in [3.8, 4) is 0 Å². The first-order valence-corrected chi connectivity index (χ1v) is 7.38. The molecule has 5 nitrogen and oxygen atoms in total. The second-order valence-corrected chi connectivity index (χ2v) is 5.51. The van der Waals surface area contributed by atoms with Crippen LogP contribution in [0.5, 0.6) is 0 Å². The molecule has 0 atom stereocenters. The zero-order chi connectivity index (χ0) is 16.1. The fraction of sp³-hybridized carbons (Fsp3) is 0.353. The number of carbonyl (C=O) groups excluding carboxylic acids is 1. The van der Waals surface area contributed by atoms with Crippen LogP contribution < -0.4 is 5.43 Å². The Morgan fingerprint density at radius 1 is 1.23 bits per heavy atom. The third kappa shape index (κ3) is 4.04. The number of aromatic nitrogens is 2. The Kier molecular flexibility index (Phi) is 5.09. The van der Waals surface area contributed by atoms with E-state index in [2.05, 4.69) is 20.7 Å². The monoisotopic (exact) mass is 298 g/mol. The third-order valence-electron chi connectivity index (χ3n) is 3.70. The number of benzene rings is 1. The number of hydrogen-bond donors (Lipinski definition) is 2. The van der Waals surface area contributed by atoms with Crippen molar-refractivity contribution in [3.63, 3.8) is 0 Å². The maximum atomic E-state index is 11.9. The van der Waals surface area contributed by atoms with Crippen LogP contribution in [0.4, 0.5) is 0 Å². The number of H-pyrrole nitrogens is 1. The van der Waals surface area contributed by atoms with Crippen molar-refractivity contribution in [2.24, 2.45) is 5.10 Å². The molecule has 1 aromatic heterocycles. The van der Waals surface area contributed by atoms with Crippen molar-refractivity contribution in [2.45, 2.75) is 40.5 Å². The minimum Gasteiger partial charge on any atom is -0.282 e. The van der Waals surface area contributed by atoms with E-state index in [-0.39, 0.29) is 5.91 Å². The Balaban J connectivity index is 1.89. The molecule has 0 spiro atoms. The molecule has 0 saturated heterocycles. The van der Waals surface area contributed by atoms with Gasteiger partial charge in [-0.15, -0.1) is 0 Å². The molecule has 0 bridgehead atoms. The Morgan fingerprint density at radius 3 is 2.50 bits per heavy atom. The predicted molar refractivity (Wildman–Crippen MR) is 87.9 cm³/mol. The van der Waals surface area contributed by atoms with E-state index in [4.69, 9.17) is 0 Å². The smallest absolute Gasteiger partial charge is 0.240 e. The van der Waals surface area contributed by atoms with Crippen LogP contribution in [0.25, 0.3) is 0 Å². The summed E-state index contributed by atoms with van der Waals surface area (Å²) in [6.45, 7) is 7.83. The first-order chi connectivity index (χ1) is 10.5. The lowest BCUT2D eigenvalue weighted by molar-refractivity contribution is -0.121. The fourth-order valence-electron chi connectivity index (χ4n) is 2.24. The van der Waals surface area contributed by atoms with Gasteiger partial charge in [0, 0.05) is 12.1 Å². The number of aryl methyl sites for hydroxylation is 3. The van der Waals surface area contributed by atoms with Crippen LogP contribution in [0, 0.1) is 20.8 Å². The lowest BCUT2D eigenvalue weighted by Crippen LogP contribution is -2.19. The highest BCUT2D eigenvalue weighted by molar-refractivity contribution is 5.99. The zero-order valence-electron chi connectivity index (χ0n) is 13.5. The van der Waals surface area contributed by atoms with Gasteiger partial charge in [0.2, 0.25) is 5.91 Å². The van der Waals surface area contributed by atoms with Gasteiger partial charge in [0.1, 0.15) is 0 Å². The Morgan fingerprint density at radius 2 is 1.91 bits per heavy atom. The number of nitrogens with one attached hydrogen (secondary N) is 2. The molecule has 1 amide bonds. The van der Waals surface area contributed by atoms with E-state index in [1.54, 1.807) is 0 Å². The van der Waals surface area contributed by atoms with Gasteiger partial charge in [-0.2, -0.15) is 10.2 Å². The summed E-state index contributed by atoms with van der Waals surface area (Å²) in [6.07, 6.45) is 1.06. The van der Waals surface area contributed by atoms with Gasteiger partial charge in [0.05, 0.1) is 11.4 Å². The number of nitrogens with zero attached hydrogens (tertiary/aromatic N) is 2. The summed E-state index contributed by atoms with van der Waals surface area (Å²) < 4.78 is 0. The molecule has 0 saturated carbocycles. The summed E-state index contributed by atoms with van der Waals surface area (Å²) in [5.41, 5.74) is 8.69. The molecule has 5 heteroatoms.